The summed E-state index contributed by atoms with van der Waals surface area (Å²) in [7, 11) is 0. The topological polar surface area (TPSA) is 61.8 Å². The van der Waals surface area contributed by atoms with Gasteiger partial charge in [0, 0.05) is 16.7 Å². The molecule has 0 saturated heterocycles. The van der Waals surface area contributed by atoms with Gasteiger partial charge >= 0.3 is 5.97 Å². The van der Waals surface area contributed by atoms with Gasteiger partial charge in [-0.2, -0.15) is 0 Å². The third-order valence-corrected chi connectivity index (χ3v) is 4.75. The minimum atomic E-state index is -0.635. The van der Waals surface area contributed by atoms with Gasteiger partial charge in [0.2, 0.25) is 0 Å². The third-order valence-electron chi connectivity index (χ3n) is 4.75. The van der Waals surface area contributed by atoms with Crippen LogP contribution in [0.15, 0.2) is 72.8 Å². The molecule has 0 saturated carbocycles. The summed E-state index contributed by atoms with van der Waals surface area (Å²) in [6, 6.07) is 21.5. The quantitative estimate of drug-likeness (QED) is 0.450. The Labute approximate surface area is 168 Å². The van der Waals surface area contributed by atoms with Crippen LogP contribution >= 0.6 is 0 Å². The Bertz CT molecular complexity index is 994. The molecular formula is C24H20O5. The molecule has 3 aromatic rings. The number of hydrogen-bond acceptors (Lipinski definition) is 5. The number of benzene rings is 3. The highest BCUT2D eigenvalue weighted by molar-refractivity contribution is 5.98. The van der Waals surface area contributed by atoms with E-state index in [1.54, 1.807) is 24.3 Å². The van der Waals surface area contributed by atoms with E-state index in [4.69, 9.17) is 14.2 Å². The van der Waals surface area contributed by atoms with Gasteiger partial charge in [0.1, 0.15) is 23.2 Å². The molecule has 0 fully saturated rings. The first-order valence-electron chi connectivity index (χ1n) is 9.45. The maximum Gasteiger partial charge on any atom is 0.318 e. The number of ether oxygens (including phenoxy) is 3. The molecule has 146 valence electrons. The number of carbonyl (C=O) groups excluding carboxylic acids is 2. The van der Waals surface area contributed by atoms with E-state index >= 15 is 0 Å². The molecule has 0 bridgehead atoms. The van der Waals surface area contributed by atoms with Gasteiger partial charge in [-0.15, -0.1) is 0 Å². The minimum Gasteiger partial charge on any atom is -0.494 e. The molecule has 0 unspecified atom stereocenters. The normalized spacial score (nSPS) is 12.3. The van der Waals surface area contributed by atoms with E-state index in [0.29, 0.717) is 29.4 Å². The first-order valence-corrected chi connectivity index (χ1v) is 9.45. The van der Waals surface area contributed by atoms with Crippen molar-refractivity contribution < 1.29 is 23.8 Å². The van der Waals surface area contributed by atoms with Crippen LogP contribution in [0.5, 0.6) is 17.2 Å². The van der Waals surface area contributed by atoms with E-state index in [2.05, 4.69) is 0 Å². The van der Waals surface area contributed by atoms with Crippen LogP contribution in [0.2, 0.25) is 0 Å². The predicted octanol–water partition coefficient (Wildman–Crippen LogP) is 4.75. The Morgan fingerprint density at radius 3 is 2.03 bits per heavy atom. The van der Waals surface area contributed by atoms with Gasteiger partial charge in [0.15, 0.2) is 12.4 Å². The summed E-state index contributed by atoms with van der Waals surface area (Å²) in [6.07, 6.45) is 0. The molecular weight excluding hydrogens is 368 g/mol. The van der Waals surface area contributed by atoms with Gasteiger partial charge in [0.05, 0.1) is 6.61 Å². The van der Waals surface area contributed by atoms with Crippen LogP contribution in [0.4, 0.5) is 0 Å². The van der Waals surface area contributed by atoms with Crippen LogP contribution in [0, 0.1) is 0 Å². The van der Waals surface area contributed by atoms with E-state index in [1.165, 1.54) is 0 Å². The number of Topliss-reactive ketones (excluding diaryl/α,β-unsaturated/α-hetero) is 1. The van der Waals surface area contributed by atoms with Crippen LogP contribution in [-0.2, 0) is 9.53 Å². The zero-order valence-electron chi connectivity index (χ0n) is 16.0. The van der Waals surface area contributed by atoms with E-state index < -0.39 is 11.9 Å². The molecule has 29 heavy (non-hydrogen) atoms. The summed E-state index contributed by atoms with van der Waals surface area (Å²) in [5.74, 6) is 0.542. The number of fused-ring (bicyclic) bond motifs is 2. The zero-order chi connectivity index (χ0) is 20.2. The van der Waals surface area contributed by atoms with Gasteiger partial charge < -0.3 is 14.2 Å². The Morgan fingerprint density at radius 1 is 0.862 bits per heavy atom. The lowest BCUT2D eigenvalue weighted by molar-refractivity contribution is -0.143. The molecule has 0 N–H and O–H groups in total. The van der Waals surface area contributed by atoms with Crippen LogP contribution in [0.25, 0.3) is 0 Å². The highest BCUT2D eigenvalue weighted by Gasteiger charge is 2.33. The van der Waals surface area contributed by atoms with Crippen molar-refractivity contribution in [3.05, 3.63) is 89.5 Å². The number of esters is 1. The third kappa shape index (κ3) is 3.85. The molecule has 0 spiro atoms. The number of hydrogen-bond donors (Lipinski definition) is 0. The van der Waals surface area contributed by atoms with Gasteiger partial charge in [-0.05, 0) is 43.3 Å². The minimum absolute atomic E-state index is 0.268. The van der Waals surface area contributed by atoms with Crippen LogP contribution in [0.3, 0.4) is 0 Å². The second-order valence-corrected chi connectivity index (χ2v) is 6.60. The second-order valence-electron chi connectivity index (χ2n) is 6.60. The Morgan fingerprint density at radius 2 is 1.45 bits per heavy atom. The first kappa shape index (κ1) is 18.7. The number of rotatable bonds is 6. The summed E-state index contributed by atoms with van der Waals surface area (Å²) in [4.78, 5) is 25.4. The molecule has 4 rings (SSSR count). The molecule has 3 aromatic carbocycles. The summed E-state index contributed by atoms with van der Waals surface area (Å²) < 4.78 is 16.7. The molecule has 5 heteroatoms. The van der Waals surface area contributed by atoms with E-state index in [0.717, 1.165) is 11.1 Å². The van der Waals surface area contributed by atoms with Crippen molar-refractivity contribution in [2.45, 2.75) is 12.8 Å². The Balaban J connectivity index is 1.51. The van der Waals surface area contributed by atoms with Gasteiger partial charge in [0.25, 0.3) is 0 Å². The van der Waals surface area contributed by atoms with Crippen molar-refractivity contribution in [3.8, 4) is 17.2 Å². The average Bonchev–Trinajstić information content (AvgIpc) is 2.76. The Hall–Kier alpha value is -3.60. The number of ketones is 1. The van der Waals surface area contributed by atoms with Crippen LogP contribution in [0.1, 0.15) is 34.3 Å². The largest absolute Gasteiger partial charge is 0.494 e. The van der Waals surface area contributed by atoms with Crippen molar-refractivity contribution in [1.29, 1.82) is 0 Å². The maximum absolute atomic E-state index is 12.9. The van der Waals surface area contributed by atoms with Crippen LogP contribution < -0.4 is 9.47 Å². The lowest BCUT2D eigenvalue weighted by atomic mass is 9.88. The van der Waals surface area contributed by atoms with E-state index in [-0.39, 0.29) is 12.4 Å². The molecule has 0 radical (unpaired) electrons. The molecule has 0 atom stereocenters. The monoisotopic (exact) mass is 388 g/mol. The van der Waals surface area contributed by atoms with Gasteiger partial charge in [-0.1, -0.05) is 36.4 Å². The summed E-state index contributed by atoms with van der Waals surface area (Å²) >= 11 is 0. The molecule has 1 heterocycles. The Kier molecular flexibility index (Phi) is 5.29. The predicted molar refractivity (Wildman–Crippen MR) is 108 cm³/mol. The molecule has 0 aromatic heterocycles. The number of carbonyl (C=O) groups is 2. The van der Waals surface area contributed by atoms with E-state index in [1.807, 2.05) is 55.5 Å². The fourth-order valence-corrected chi connectivity index (χ4v) is 3.37. The van der Waals surface area contributed by atoms with Crippen molar-refractivity contribution >= 4 is 11.8 Å². The van der Waals surface area contributed by atoms with Crippen molar-refractivity contribution in [3.63, 3.8) is 0 Å². The second kappa shape index (κ2) is 8.19. The van der Waals surface area contributed by atoms with Gasteiger partial charge in [-0.3, -0.25) is 9.59 Å². The summed E-state index contributed by atoms with van der Waals surface area (Å²) in [5.41, 5.74) is 1.92. The van der Waals surface area contributed by atoms with E-state index in [9.17, 15) is 9.59 Å². The van der Waals surface area contributed by atoms with Gasteiger partial charge in [-0.25, -0.2) is 0 Å². The standard InChI is InChI=1S/C24H20O5/c1-2-27-17-13-11-16(12-14-17)20(25)15-28-24(26)23-18-7-3-5-9-21(18)29-22-10-6-4-8-19(22)23/h3-14,23H,2,15H2,1H3. The number of para-hydroxylation sites is 2. The zero-order valence-corrected chi connectivity index (χ0v) is 16.0. The lowest BCUT2D eigenvalue weighted by Gasteiger charge is -2.26. The molecule has 1 aliphatic heterocycles. The highest BCUT2D eigenvalue weighted by Crippen LogP contribution is 2.44. The maximum atomic E-state index is 12.9. The molecule has 0 amide bonds. The van der Waals surface area contributed by atoms with Crippen molar-refractivity contribution in [2.24, 2.45) is 0 Å². The molecule has 1 aliphatic rings. The van der Waals surface area contributed by atoms with Crippen LogP contribution in [-0.4, -0.2) is 25.0 Å². The smallest absolute Gasteiger partial charge is 0.318 e. The first-order chi connectivity index (χ1) is 14.2. The fourth-order valence-electron chi connectivity index (χ4n) is 3.37. The summed E-state index contributed by atoms with van der Waals surface area (Å²) in [5, 5.41) is 0. The highest BCUT2D eigenvalue weighted by atomic mass is 16.5. The van der Waals surface area contributed by atoms with Crippen molar-refractivity contribution in [2.75, 3.05) is 13.2 Å². The average molecular weight is 388 g/mol. The fraction of sp³-hybridized carbons (Fsp3) is 0.167. The lowest BCUT2D eigenvalue weighted by Crippen LogP contribution is -2.23. The molecule has 5 nitrogen and oxygen atoms in total. The molecule has 0 aliphatic carbocycles. The SMILES string of the molecule is CCOc1ccc(C(=O)COC(=O)C2c3ccccc3Oc3ccccc32)cc1. The summed E-state index contributed by atoms with van der Waals surface area (Å²) in [6.45, 7) is 2.12. The van der Waals surface area contributed by atoms with Crippen molar-refractivity contribution in [1.82, 2.24) is 0 Å².